The topological polar surface area (TPSA) is 102 Å². The maximum absolute atomic E-state index is 12.5. The number of alkyl halides is 2. The fourth-order valence-electron chi connectivity index (χ4n) is 3.05. The van der Waals surface area contributed by atoms with E-state index in [0.29, 0.717) is 16.9 Å². The number of fused-ring (bicyclic) bond motifs is 2. The predicted octanol–water partition coefficient (Wildman–Crippen LogP) is 0.631. The van der Waals surface area contributed by atoms with Crippen LogP contribution >= 0.6 is 0 Å². The quantitative estimate of drug-likeness (QED) is 0.837. The average Bonchev–Trinajstić information content (AvgIpc) is 2.53. The summed E-state index contributed by atoms with van der Waals surface area (Å²) in [7, 11) is -2.36. The van der Waals surface area contributed by atoms with E-state index in [4.69, 9.17) is 10.5 Å². The molecule has 0 bridgehead atoms. The van der Waals surface area contributed by atoms with Crippen molar-refractivity contribution in [2.24, 2.45) is 10.7 Å². The van der Waals surface area contributed by atoms with E-state index in [2.05, 4.69) is 4.99 Å². The van der Waals surface area contributed by atoms with Crippen molar-refractivity contribution in [2.75, 3.05) is 19.4 Å². The van der Waals surface area contributed by atoms with Gasteiger partial charge in [0, 0.05) is 25.5 Å². The fraction of sp³-hybridized carbons (Fsp3) is 0.467. The van der Waals surface area contributed by atoms with Gasteiger partial charge < -0.3 is 10.5 Å². The summed E-state index contributed by atoms with van der Waals surface area (Å²) in [5, 5.41) is 0. The number of guanidine groups is 1. The Morgan fingerprint density at radius 3 is 2.84 bits per heavy atom. The van der Waals surface area contributed by atoms with Crippen molar-refractivity contribution < 1.29 is 26.7 Å². The maximum atomic E-state index is 12.5. The van der Waals surface area contributed by atoms with Gasteiger partial charge in [-0.1, -0.05) is 6.07 Å². The Kier molecular flexibility index (Phi) is 4.18. The lowest BCUT2D eigenvalue weighted by atomic mass is 9.85. The van der Waals surface area contributed by atoms with E-state index in [0.717, 1.165) is 4.31 Å². The van der Waals surface area contributed by atoms with E-state index in [-0.39, 0.29) is 24.7 Å². The standard InChI is InChI=1S/C15H17F2N3O4S/c1-20-14(18)19-15(8-25(20,22)23)4-5-24-12-3-2-9(6-10(12)15)7-11(21)13(16)17/h2-3,6,13H,4-5,7-8H2,1H3,(H2,18,19)/t15-/m0/s1. The molecule has 0 aromatic heterocycles. The number of hydrogen-bond acceptors (Lipinski definition) is 6. The highest BCUT2D eigenvalue weighted by atomic mass is 32.2. The minimum absolute atomic E-state index is 0.145. The van der Waals surface area contributed by atoms with Gasteiger partial charge in [0.25, 0.3) is 6.43 Å². The summed E-state index contributed by atoms with van der Waals surface area (Å²) in [4.78, 5) is 15.7. The number of Topliss-reactive ketones (excluding diaryl/α,β-unsaturated/α-hetero) is 1. The van der Waals surface area contributed by atoms with Crippen molar-refractivity contribution in [3.05, 3.63) is 29.3 Å². The molecule has 136 valence electrons. The second-order valence-electron chi connectivity index (χ2n) is 6.10. The zero-order valence-electron chi connectivity index (χ0n) is 13.4. The lowest BCUT2D eigenvalue weighted by Crippen LogP contribution is -2.52. The van der Waals surface area contributed by atoms with Crippen LogP contribution in [0.1, 0.15) is 17.5 Å². The Morgan fingerprint density at radius 1 is 1.48 bits per heavy atom. The third-order valence-corrected chi connectivity index (χ3v) is 6.29. The number of nitrogens with two attached hydrogens (primary N) is 1. The maximum Gasteiger partial charge on any atom is 0.296 e. The number of benzene rings is 1. The molecule has 2 aliphatic heterocycles. The molecule has 0 aliphatic carbocycles. The van der Waals surface area contributed by atoms with Gasteiger partial charge in [0.15, 0.2) is 0 Å². The van der Waals surface area contributed by atoms with Crippen LogP contribution in [0, 0.1) is 0 Å². The number of sulfonamides is 1. The molecule has 1 aromatic carbocycles. The predicted molar refractivity (Wildman–Crippen MR) is 86.1 cm³/mol. The molecule has 25 heavy (non-hydrogen) atoms. The van der Waals surface area contributed by atoms with Crippen molar-refractivity contribution in [2.45, 2.75) is 24.8 Å². The molecular formula is C15H17F2N3O4S. The van der Waals surface area contributed by atoms with Gasteiger partial charge in [-0.2, -0.15) is 0 Å². The molecule has 0 saturated carbocycles. The Morgan fingerprint density at radius 2 is 2.20 bits per heavy atom. The van der Waals surface area contributed by atoms with Crippen LogP contribution in [0.4, 0.5) is 8.78 Å². The molecule has 1 spiro atoms. The molecule has 0 amide bonds. The van der Waals surface area contributed by atoms with Crippen molar-refractivity contribution in [3.8, 4) is 5.75 Å². The number of nitrogens with zero attached hydrogens (tertiary/aromatic N) is 2. The van der Waals surface area contributed by atoms with Crippen LogP contribution < -0.4 is 10.5 Å². The van der Waals surface area contributed by atoms with Crippen LogP contribution in [-0.2, 0) is 26.8 Å². The SMILES string of the molecule is CN1C(N)=N[C@@]2(CCOc3ccc(CC(=O)C(F)F)cc32)CS1(=O)=O. The molecule has 2 N–H and O–H groups in total. The monoisotopic (exact) mass is 373 g/mol. The van der Waals surface area contributed by atoms with Crippen LogP contribution in [0.25, 0.3) is 0 Å². The smallest absolute Gasteiger partial charge is 0.296 e. The highest BCUT2D eigenvalue weighted by Gasteiger charge is 2.46. The van der Waals surface area contributed by atoms with Gasteiger partial charge in [-0.25, -0.2) is 26.5 Å². The van der Waals surface area contributed by atoms with Gasteiger partial charge in [0.1, 0.15) is 11.3 Å². The first-order chi connectivity index (χ1) is 11.6. The van der Waals surface area contributed by atoms with Gasteiger partial charge in [-0.05, 0) is 17.7 Å². The molecule has 10 heteroatoms. The van der Waals surface area contributed by atoms with Crippen LogP contribution in [-0.4, -0.2) is 50.3 Å². The summed E-state index contributed by atoms with van der Waals surface area (Å²) < 4.78 is 56.2. The fourth-order valence-corrected chi connectivity index (χ4v) is 4.54. The first-order valence-corrected chi connectivity index (χ1v) is 9.14. The molecule has 0 unspecified atom stereocenters. The van der Waals surface area contributed by atoms with E-state index in [1.54, 1.807) is 6.07 Å². The zero-order chi connectivity index (χ0) is 18.4. The van der Waals surface area contributed by atoms with Crippen LogP contribution in [0.3, 0.4) is 0 Å². The Hall–Kier alpha value is -2.23. The third-order valence-electron chi connectivity index (χ3n) is 4.43. The van der Waals surface area contributed by atoms with Crippen LogP contribution in [0.15, 0.2) is 23.2 Å². The number of rotatable bonds is 3. The number of ketones is 1. The average molecular weight is 373 g/mol. The Balaban J connectivity index is 2.08. The second-order valence-corrected chi connectivity index (χ2v) is 8.10. The van der Waals surface area contributed by atoms with Crippen LogP contribution in [0.2, 0.25) is 0 Å². The van der Waals surface area contributed by atoms with E-state index in [9.17, 15) is 22.0 Å². The number of aliphatic imine (C=N–C) groups is 1. The highest BCUT2D eigenvalue weighted by Crippen LogP contribution is 2.43. The summed E-state index contributed by atoms with van der Waals surface area (Å²) in [6.45, 7) is 0.248. The van der Waals surface area contributed by atoms with E-state index in [1.165, 1.54) is 19.2 Å². The number of carbonyl (C=O) groups excluding carboxylic acids is 1. The molecule has 0 radical (unpaired) electrons. The summed E-state index contributed by atoms with van der Waals surface area (Å²) in [5.74, 6) is -1.24. The first kappa shape index (κ1) is 17.6. The van der Waals surface area contributed by atoms with Crippen molar-refractivity contribution in [1.29, 1.82) is 0 Å². The molecule has 0 saturated heterocycles. The Bertz CT molecular complexity index is 856. The van der Waals surface area contributed by atoms with Crippen molar-refractivity contribution in [3.63, 3.8) is 0 Å². The first-order valence-electron chi connectivity index (χ1n) is 7.54. The molecule has 2 aliphatic rings. The van der Waals surface area contributed by atoms with E-state index < -0.39 is 34.2 Å². The molecule has 3 rings (SSSR count). The largest absolute Gasteiger partial charge is 0.493 e. The second kappa shape index (κ2) is 5.94. The van der Waals surface area contributed by atoms with Crippen molar-refractivity contribution >= 4 is 21.8 Å². The summed E-state index contributed by atoms with van der Waals surface area (Å²) in [6, 6.07) is 4.56. The summed E-state index contributed by atoms with van der Waals surface area (Å²) >= 11 is 0. The van der Waals surface area contributed by atoms with Gasteiger partial charge >= 0.3 is 0 Å². The molecule has 7 nitrogen and oxygen atoms in total. The third kappa shape index (κ3) is 3.06. The van der Waals surface area contributed by atoms with Gasteiger partial charge in [-0.15, -0.1) is 0 Å². The lowest BCUT2D eigenvalue weighted by Gasteiger charge is -2.40. The van der Waals surface area contributed by atoms with E-state index >= 15 is 0 Å². The lowest BCUT2D eigenvalue weighted by molar-refractivity contribution is -0.128. The summed E-state index contributed by atoms with van der Waals surface area (Å²) in [6.07, 6.45) is -3.23. The van der Waals surface area contributed by atoms with Gasteiger partial charge in [0.2, 0.25) is 21.8 Å². The number of ether oxygens (including phenoxy) is 1. The highest BCUT2D eigenvalue weighted by molar-refractivity contribution is 7.89. The molecule has 1 atom stereocenters. The number of carbonyl (C=O) groups is 1. The zero-order valence-corrected chi connectivity index (χ0v) is 14.2. The molecule has 0 fully saturated rings. The molecule has 1 aromatic rings. The van der Waals surface area contributed by atoms with Crippen molar-refractivity contribution in [1.82, 2.24) is 4.31 Å². The number of hydrogen-bond donors (Lipinski definition) is 1. The number of halogens is 2. The normalized spacial score (nSPS) is 24.6. The van der Waals surface area contributed by atoms with Crippen LogP contribution in [0.5, 0.6) is 5.75 Å². The summed E-state index contributed by atoms with van der Waals surface area (Å²) in [5.41, 5.74) is 5.42. The molecule has 2 heterocycles. The Labute approximate surface area is 143 Å². The minimum atomic E-state index is -3.68. The van der Waals surface area contributed by atoms with Gasteiger partial charge in [0.05, 0.1) is 12.4 Å². The van der Waals surface area contributed by atoms with Gasteiger partial charge in [-0.3, -0.25) is 4.79 Å². The molecular weight excluding hydrogens is 356 g/mol. The van der Waals surface area contributed by atoms with E-state index in [1.807, 2.05) is 0 Å². The minimum Gasteiger partial charge on any atom is -0.493 e.